The fraction of sp³-hybridized carbons (Fsp3) is 0. The lowest BCUT2D eigenvalue weighted by molar-refractivity contribution is 0.186. The van der Waals surface area contributed by atoms with Gasteiger partial charge in [0.1, 0.15) is 5.52 Å². The molecule has 0 saturated heterocycles. The largest absolute Gasteiger partial charge is 0.425 e. The van der Waals surface area contributed by atoms with Crippen molar-refractivity contribution in [2.75, 3.05) is 0 Å². The van der Waals surface area contributed by atoms with E-state index >= 15 is 0 Å². The third-order valence-corrected chi connectivity index (χ3v) is 3.80. The van der Waals surface area contributed by atoms with Crippen molar-refractivity contribution < 1.29 is 5.21 Å². The number of hydrogen-bond donors (Lipinski definition) is 2. The molecule has 0 aliphatic heterocycles. The van der Waals surface area contributed by atoms with E-state index in [0.717, 1.165) is 0 Å². The molecule has 1 aromatic carbocycles. The Morgan fingerprint density at radius 1 is 1.38 bits per heavy atom. The Labute approximate surface area is 106 Å². The number of halogens is 3. The van der Waals surface area contributed by atoms with Gasteiger partial charge in [0.05, 0.1) is 20.0 Å². The van der Waals surface area contributed by atoms with Crippen LogP contribution in [0.2, 0.25) is 10.0 Å². The van der Waals surface area contributed by atoms with Crippen LogP contribution in [0.5, 0.6) is 0 Å². The molecule has 0 radical (unpaired) electrons. The van der Waals surface area contributed by atoms with Crippen molar-refractivity contribution >= 4 is 50.2 Å². The lowest BCUT2D eigenvalue weighted by Crippen LogP contribution is -2.35. The number of aromatic nitrogens is 2. The summed E-state index contributed by atoms with van der Waals surface area (Å²) in [7, 11) is 0. The zero-order chi connectivity index (χ0) is 12.0. The van der Waals surface area contributed by atoms with Gasteiger partial charge in [0.25, 0.3) is 0 Å². The van der Waals surface area contributed by atoms with Gasteiger partial charge in [-0.3, -0.25) is 9.59 Å². The van der Waals surface area contributed by atoms with Crippen molar-refractivity contribution in [2.24, 2.45) is 0 Å². The molecule has 0 amide bonds. The van der Waals surface area contributed by atoms with Crippen LogP contribution in [0.1, 0.15) is 0 Å². The minimum Gasteiger partial charge on any atom is -0.425 e. The van der Waals surface area contributed by atoms with Gasteiger partial charge in [0.2, 0.25) is 0 Å². The zero-order valence-corrected chi connectivity index (χ0v) is 10.5. The lowest BCUT2D eigenvalue weighted by Gasteiger charge is -2.06. The maximum Gasteiger partial charge on any atom is 0.348 e. The van der Waals surface area contributed by atoms with Crippen LogP contribution in [0.25, 0.3) is 11.0 Å². The monoisotopic (exact) mass is 324 g/mol. The average molecular weight is 326 g/mol. The molecule has 1 aromatic heterocycles. The van der Waals surface area contributed by atoms with E-state index in [1.165, 1.54) is 6.07 Å². The third-order valence-electron chi connectivity index (χ3n) is 1.99. The molecule has 0 aliphatic rings. The summed E-state index contributed by atoms with van der Waals surface area (Å²) in [6.45, 7) is 0. The van der Waals surface area contributed by atoms with Crippen LogP contribution >= 0.6 is 39.1 Å². The van der Waals surface area contributed by atoms with Gasteiger partial charge in [-0.1, -0.05) is 23.2 Å². The first-order chi connectivity index (χ1) is 7.43. The maximum atomic E-state index is 11.2. The van der Waals surface area contributed by atoms with Crippen LogP contribution in [0.4, 0.5) is 0 Å². The third kappa shape index (κ3) is 1.53. The van der Waals surface area contributed by atoms with Crippen molar-refractivity contribution in [3.05, 3.63) is 41.3 Å². The minimum absolute atomic E-state index is 0.0610. The number of fused-ring (bicyclic) bond motifs is 1. The molecule has 2 aromatic rings. The molecule has 0 spiro atoms. The molecule has 0 aliphatic carbocycles. The quantitative estimate of drug-likeness (QED) is 0.442. The first kappa shape index (κ1) is 11.5. The maximum absolute atomic E-state index is 11.2. The molecule has 5 nitrogen and oxygen atoms in total. The molecule has 0 atom stereocenters. The van der Waals surface area contributed by atoms with Gasteiger partial charge in [0.15, 0.2) is 0 Å². The van der Waals surface area contributed by atoms with Crippen molar-refractivity contribution in [2.45, 2.75) is 0 Å². The van der Waals surface area contributed by atoms with E-state index in [4.69, 9.17) is 23.2 Å². The van der Waals surface area contributed by atoms with Crippen LogP contribution < -0.4 is 11.1 Å². The molecule has 2 N–H and O–H groups in total. The first-order valence-electron chi connectivity index (χ1n) is 3.95. The second kappa shape index (κ2) is 3.80. The van der Waals surface area contributed by atoms with E-state index in [9.17, 15) is 14.8 Å². The topological polar surface area (TPSA) is 75.1 Å². The van der Waals surface area contributed by atoms with Crippen molar-refractivity contribution in [3.8, 4) is 0 Å². The number of nitrogens with zero attached hydrogens (tertiary/aromatic N) is 1. The van der Waals surface area contributed by atoms with Gasteiger partial charge in [-0.05, 0) is 22.0 Å². The van der Waals surface area contributed by atoms with E-state index in [0.29, 0.717) is 4.47 Å². The number of aromatic amines is 1. The van der Waals surface area contributed by atoms with Crippen LogP contribution in [-0.4, -0.2) is 14.9 Å². The summed E-state index contributed by atoms with van der Waals surface area (Å²) in [6, 6.07) is 1.28. The Morgan fingerprint density at radius 2 is 2.00 bits per heavy atom. The minimum atomic E-state index is -1.09. The normalized spacial score (nSPS) is 10.9. The molecule has 8 heteroatoms. The fourth-order valence-corrected chi connectivity index (χ4v) is 2.22. The van der Waals surface area contributed by atoms with Crippen LogP contribution in [0.3, 0.4) is 0 Å². The van der Waals surface area contributed by atoms with Crippen molar-refractivity contribution in [1.82, 2.24) is 9.71 Å². The molecular formula is C8H3BrCl2N2O3. The highest BCUT2D eigenvalue weighted by molar-refractivity contribution is 9.10. The number of nitrogens with one attached hydrogen (secondary N) is 1. The second-order valence-corrected chi connectivity index (χ2v) is 4.53. The van der Waals surface area contributed by atoms with E-state index in [2.05, 4.69) is 20.9 Å². The standard InChI is InChI=1S/C8H3BrCl2N2O3/c9-4-5(11)2(10)1-3-6(4)12-7(14)8(15)13(3)16/h1,16H,(H,12,14). The Kier molecular flexibility index (Phi) is 2.73. The molecule has 0 unspecified atom stereocenters. The molecule has 0 bridgehead atoms. The van der Waals surface area contributed by atoms with Gasteiger partial charge in [-0.2, -0.15) is 0 Å². The van der Waals surface area contributed by atoms with Crippen molar-refractivity contribution in [1.29, 1.82) is 0 Å². The summed E-state index contributed by atoms with van der Waals surface area (Å²) in [5.41, 5.74) is -1.78. The van der Waals surface area contributed by atoms with Gasteiger partial charge < -0.3 is 10.2 Å². The Morgan fingerprint density at radius 3 is 2.62 bits per heavy atom. The summed E-state index contributed by atoms with van der Waals surface area (Å²) in [5, 5.41) is 9.77. The van der Waals surface area contributed by atoms with Gasteiger partial charge in [0, 0.05) is 0 Å². The first-order valence-corrected chi connectivity index (χ1v) is 5.50. The summed E-state index contributed by atoms with van der Waals surface area (Å²) >= 11 is 14.7. The van der Waals surface area contributed by atoms with E-state index in [-0.39, 0.29) is 25.8 Å². The van der Waals surface area contributed by atoms with Crippen LogP contribution in [-0.2, 0) is 0 Å². The molecular weight excluding hydrogens is 323 g/mol. The number of rotatable bonds is 0. The van der Waals surface area contributed by atoms with E-state index in [1.54, 1.807) is 0 Å². The predicted octanol–water partition coefficient (Wildman–Crippen LogP) is 2.00. The lowest BCUT2D eigenvalue weighted by atomic mass is 10.3. The number of H-pyrrole nitrogens is 1. The summed E-state index contributed by atoms with van der Waals surface area (Å²) in [6.07, 6.45) is 0. The SMILES string of the molecule is O=c1[nH]c2c(Br)c(Cl)c(Cl)cc2n(O)c1=O. The highest BCUT2D eigenvalue weighted by Gasteiger charge is 2.14. The number of benzene rings is 1. The van der Waals surface area contributed by atoms with Gasteiger partial charge >= 0.3 is 11.1 Å². The zero-order valence-electron chi connectivity index (χ0n) is 7.42. The highest BCUT2D eigenvalue weighted by Crippen LogP contribution is 2.34. The van der Waals surface area contributed by atoms with Crippen LogP contribution in [0, 0.1) is 0 Å². The van der Waals surface area contributed by atoms with Gasteiger partial charge in [-0.15, -0.1) is 4.73 Å². The molecule has 1 heterocycles. The fourth-order valence-electron chi connectivity index (χ4n) is 1.24. The highest BCUT2D eigenvalue weighted by atomic mass is 79.9. The number of hydrogen-bond acceptors (Lipinski definition) is 3. The van der Waals surface area contributed by atoms with E-state index in [1.807, 2.05) is 0 Å². The molecule has 0 fully saturated rings. The summed E-state index contributed by atoms with van der Waals surface area (Å²) < 4.78 is 0.526. The second-order valence-electron chi connectivity index (χ2n) is 2.95. The van der Waals surface area contributed by atoms with Gasteiger partial charge in [-0.25, -0.2) is 0 Å². The Bertz CT molecular complexity index is 707. The molecule has 2 rings (SSSR count). The summed E-state index contributed by atoms with van der Waals surface area (Å²) in [5.74, 6) is 0. The summed E-state index contributed by atoms with van der Waals surface area (Å²) in [4.78, 5) is 24.6. The Balaban J connectivity index is 3.15. The predicted molar refractivity (Wildman–Crippen MR) is 63.7 cm³/mol. The molecule has 0 saturated carbocycles. The average Bonchev–Trinajstić information content (AvgIpc) is 2.25. The smallest absolute Gasteiger partial charge is 0.348 e. The van der Waals surface area contributed by atoms with Crippen molar-refractivity contribution in [3.63, 3.8) is 0 Å². The molecule has 84 valence electrons. The Hall–Kier alpha value is -0.980. The van der Waals surface area contributed by atoms with E-state index < -0.39 is 11.1 Å². The molecule has 16 heavy (non-hydrogen) atoms. The van der Waals surface area contributed by atoms with Crippen LogP contribution in [0.15, 0.2) is 20.1 Å².